The molecule has 1 aromatic rings. The number of nitrogens with zero attached hydrogens (tertiary/aromatic N) is 1. The Bertz CT molecular complexity index is 502. The van der Waals surface area contributed by atoms with Gasteiger partial charge in [-0.25, -0.2) is 0 Å². The Hall–Kier alpha value is -1.17. The van der Waals surface area contributed by atoms with Crippen molar-refractivity contribution in [3.63, 3.8) is 0 Å². The van der Waals surface area contributed by atoms with Crippen LogP contribution in [0.3, 0.4) is 0 Å². The summed E-state index contributed by atoms with van der Waals surface area (Å²) in [5.41, 5.74) is 2.87. The number of fused-ring (bicyclic) bond motifs is 1. The minimum atomic E-state index is 0.355. The molecule has 0 saturated carbocycles. The first-order valence-electron chi connectivity index (χ1n) is 8.25. The minimum absolute atomic E-state index is 0.355. The third-order valence-electron chi connectivity index (χ3n) is 4.49. The van der Waals surface area contributed by atoms with Gasteiger partial charge in [0.25, 0.3) is 0 Å². The number of benzene rings is 1. The van der Waals surface area contributed by atoms with Crippen LogP contribution in [0.4, 0.5) is 0 Å². The van der Waals surface area contributed by atoms with Gasteiger partial charge in [0, 0.05) is 26.2 Å². The highest BCUT2D eigenvalue weighted by Gasteiger charge is 2.20. The Labute approximate surface area is 138 Å². The average molecular weight is 319 g/mol. The molecule has 4 nitrogen and oxygen atoms in total. The van der Waals surface area contributed by atoms with Crippen LogP contribution in [0.15, 0.2) is 24.3 Å². The zero-order valence-electron chi connectivity index (χ0n) is 13.0. The van der Waals surface area contributed by atoms with Gasteiger partial charge in [0.15, 0.2) is 5.11 Å². The second kappa shape index (κ2) is 7.90. The Morgan fingerprint density at radius 2 is 2.09 bits per heavy atom. The lowest BCUT2D eigenvalue weighted by molar-refractivity contribution is 0.0389. The van der Waals surface area contributed by atoms with Gasteiger partial charge in [-0.05, 0) is 42.6 Å². The predicted octanol–water partition coefficient (Wildman–Crippen LogP) is 1.86. The second-order valence-corrected chi connectivity index (χ2v) is 6.41. The second-order valence-electron chi connectivity index (χ2n) is 6.00. The lowest BCUT2D eigenvalue weighted by Crippen LogP contribution is -2.44. The highest BCUT2D eigenvalue weighted by molar-refractivity contribution is 7.80. The highest BCUT2D eigenvalue weighted by atomic mass is 32.1. The summed E-state index contributed by atoms with van der Waals surface area (Å²) in [6.07, 6.45) is 3.57. The first-order valence-corrected chi connectivity index (χ1v) is 8.66. The van der Waals surface area contributed by atoms with Crippen LogP contribution in [0.2, 0.25) is 0 Å². The van der Waals surface area contributed by atoms with Crippen molar-refractivity contribution in [2.75, 3.05) is 39.4 Å². The van der Waals surface area contributed by atoms with Crippen LogP contribution in [-0.2, 0) is 11.2 Å². The molecule has 1 heterocycles. The topological polar surface area (TPSA) is 36.5 Å². The third-order valence-corrected chi connectivity index (χ3v) is 4.75. The molecule has 0 aromatic heterocycles. The SMILES string of the molecule is S=C(NCCN1CCOCC1)NC1CCCc2ccccc21. The number of nitrogens with one attached hydrogen (secondary N) is 2. The van der Waals surface area contributed by atoms with E-state index in [9.17, 15) is 0 Å². The smallest absolute Gasteiger partial charge is 0.166 e. The maximum atomic E-state index is 5.47. The maximum Gasteiger partial charge on any atom is 0.166 e. The summed E-state index contributed by atoms with van der Waals surface area (Å²) in [6, 6.07) is 9.06. The van der Waals surface area contributed by atoms with Crippen LogP contribution in [0, 0.1) is 0 Å². The summed E-state index contributed by atoms with van der Waals surface area (Å²) in [5.74, 6) is 0. The molecule has 2 aliphatic rings. The van der Waals surface area contributed by atoms with Crippen molar-refractivity contribution in [3.8, 4) is 0 Å². The molecule has 1 aromatic carbocycles. The lowest BCUT2D eigenvalue weighted by Gasteiger charge is -2.29. The van der Waals surface area contributed by atoms with Crippen molar-refractivity contribution >= 4 is 17.3 Å². The number of rotatable bonds is 4. The Morgan fingerprint density at radius 1 is 1.27 bits per heavy atom. The molecule has 0 amide bonds. The quantitative estimate of drug-likeness (QED) is 0.829. The number of thiocarbonyl (C=S) groups is 1. The van der Waals surface area contributed by atoms with Gasteiger partial charge >= 0.3 is 0 Å². The lowest BCUT2D eigenvalue weighted by atomic mass is 9.88. The fraction of sp³-hybridized carbons (Fsp3) is 0.588. The van der Waals surface area contributed by atoms with Crippen LogP contribution < -0.4 is 10.6 Å². The molecule has 1 saturated heterocycles. The van der Waals surface area contributed by atoms with E-state index >= 15 is 0 Å². The molecule has 1 fully saturated rings. The molecule has 5 heteroatoms. The van der Waals surface area contributed by atoms with Crippen molar-refractivity contribution in [2.24, 2.45) is 0 Å². The van der Waals surface area contributed by atoms with Crippen LogP contribution >= 0.6 is 12.2 Å². The van der Waals surface area contributed by atoms with Gasteiger partial charge in [-0.1, -0.05) is 24.3 Å². The number of morpholine rings is 1. The molecular formula is C17H25N3OS. The fourth-order valence-electron chi connectivity index (χ4n) is 3.27. The number of hydrogen-bond donors (Lipinski definition) is 2. The van der Waals surface area contributed by atoms with E-state index in [1.807, 2.05) is 0 Å². The van der Waals surface area contributed by atoms with E-state index in [1.165, 1.54) is 24.0 Å². The normalized spacial score (nSPS) is 21.9. The van der Waals surface area contributed by atoms with Crippen molar-refractivity contribution in [2.45, 2.75) is 25.3 Å². The monoisotopic (exact) mass is 319 g/mol. The van der Waals surface area contributed by atoms with E-state index in [0.29, 0.717) is 6.04 Å². The van der Waals surface area contributed by atoms with Gasteiger partial charge in [0.2, 0.25) is 0 Å². The van der Waals surface area contributed by atoms with Crippen LogP contribution in [0.1, 0.15) is 30.0 Å². The molecule has 2 N–H and O–H groups in total. The highest BCUT2D eigenvalue weighted by Crippen LogP contribution is 2.29. The summed E-state index contributed by atoms with van der Waals surface area (Å²) >= 11 is 5.47. The molecule has 120 valence electrons. The molecular weight excluding hydrogens is 294 g/mol. The molecule has 0 bridgehead atoms. The van der Waals surface area contributed by atoms with E-state index in [-0.39, 0.29) is 0 Å². The van der Waals surface area contributed by atoms with Crippen molar-refractivity contribution in [1.82, 2.24) is 15.5 Å². The van der Waals surface area contributed by atoms with Gasteiger partial charge in [0.1, 0.15) is 0 Å². The van der Waals surface area contributed by atoms with E-state index in [4.69, 9.17) is 17.0 Å². The minimum Gasteiger partial charge on any atom is -0.379 e. The van der Waals surface area contributed by atoms with Gasteiger partial charge in [-0.15, -0.1) is 0 Å². The fourth-order valence-corrected chi connectivity index (χ4v) is 3.51. The standard InChI is InChI=1S/C17H25N3OS/c22-17(18-8-9-20-10-12-21-13-11-20)19-16-7-3-5-14-4-1-2-6-15(14)16/h1-2,4,6,16H,3,5,7-13H2,(H2,18,19,22). The molecule has 1 atom stereocenters. The number of ether oxygens (including phenoxy) is 1. The van der Waals surface area contributed by atoms with Gasteiger partial charge in [-0.3, -0.25) is 4.90 Å². The molecule has 22 heavy (non-hydrogen) atoms. The van der Waals surface area contributed by atoms with E-state index < -0.39 is 0 Å². The molecule has 0 spiro atoms. The van der Waals surface area contributed by atoms with Gasteiger partial charge < -0.3 is 15.4 Å². The third kappa shape index (κ3) is 4.18. The zero-order chi connectivity index (χ0) is 15.2. The average Bonchev–Trinajstić information content (AvgIpc) is 2.56. The van der Waals surface area contributed by atoms with Crippen molar-refractivity contribution in [3.05, 3.63) is 35.4 Å². The molecule has 3 rings (SSSR count). The van der Waals surface area contributed by atoms with E-state index in [1.54, 1.807) is 0 Å². The number of aryl methyl sites for hydroxylation is 1. The summed E-state index contributed by atoms with van der Waals surface area (Å²) in [4.78, 5) is 2.41. The Balaban J connectivity index is 1.44. The Kier molecular flexibility index (Phi) is 5.64. The molecule has 1 aliphatic carbocycles. The van der Waals surface area contributed by atoms with Crippen molar-refractivity contribution in [1.29, 1.82) is 0 Å². The first kappa shape index (κ1) is 15.7. The van der Waals surface area contributed by atoms with Gasteiger partial charge in [-0.2, -0.15) is 0 Å². The van der Waals surface area contributed by atoms with Crippen LogP contribution in [0.5, 0.6) is 0 Å². The van der Waals surface area contributed by atoms with Crippen LogP contribution in [0.25, 0.3) is 0 Å². The van der Waals surface area contributed by atoms with Gasteiger partial charge in [0.05, 0.1) is 19.3 Å². The summed E-state index contributed by atoms with van der Waals surface area (Å²) in [7, 11) is 0. The molecule has 0 radical (unpaired) electrons. The van der Waals surface area contributed by atoms with Crippen LogP contribution in [-0.4, -0.2) is 49.4 Å². The Morgan fingerprint density at radius 3 is 2.95 bits per heavy atom. The molecule has 1 aliphatic heterocycles. The van der Waals surface area contributed by atoms with Crippen molar-refractivity contribution < 1.29 is 4.74 Å². The van der Waals surface area contributed by atoms with E-state index in [0.717, 1.165) is 50.9 Å². The maximum absolute atomic E-state index is 5.47. The molecule has 1 unspecified atom stereocenters. The largest absolute Gasteiger partial charge is 0.379 e. The first-order chi connectivity index (χ1) is 10.8. The summed E-state index contributed by atoms with van der Waals surface area (Å²) in [5, 5.41) is 7.61. The summed E-state index contributed by atoms with van der Waals surface area (Å²) < 4.78 is 5.36. The van der Waals surface area contributed by atoms with E-state index in [2.05, 4.69) is 39.8 Å². The zero-order valence-corrected chi connectivity index (χ0v) is 13.8. The summed E-state index contributed by atoms with van der Waals surface area (Å²) in [6.45, 7) is 5.66. The predicted molar refractivity (Wildman–Crippen MR) is 93.1 cm³/mol. The number of hydrogen-bond acceptors (Lipinski definition) is 3.